The van der Waals surface area contributed by atoms with E-state index in [2.05, 4.69) is 4.74 Å². The fourth-order valence-electron chi connectivity index (χ4n) is 4.49. The van der Waals surface area contributed by atoms with Crippen LogP contribution in [0.4, 0.5) is 0 Å². The van der Waals surface area contributed by atoms with E-state index in [4.69, 9.17) is 0 Å². The second-order valence-electron chi connectivity index (χ2n) is 7.87. The Morgan fingerprint density at radius 1 is 1.09 bits per heavy atom. The monoisotopic (exact) mass is 314 g/mol. The molecule has 22 heavy (non-hydrogen) atoms. The van der Waals surface area contributed by atoms with Gasteiger partial charge >= 0.3 is 5.97 Å². The zero-order valence-electron chi connectivity index (χ0n) is 13.4. The van der Waals surface area contributed by atoms with Crippen molar-refractivity contribution in [1.29, 1.82) is 0 Å². The van der Waals surface area contributed by atoms with Crippen LogP contribution in [0.3, 0.4) is 0 Å². The van der Waals surface area contributed by atoms with Crippen LogP contribution in [-0.2, 0) is 9.53 Å². The number of rotatable bonds is 2. The Balaban J connectivity index is 0.000000377. The summed E-state index contributed by atoms with van der Waals surface area (Å²) in [4.78, 5) is 10.8. The Kier molecular flexibility index (Phi) is 7.61. The smallest absolute Gasteiger partial charge is 0.311 e. The summed E-state index contributed by atoms with van der Waals surface area (Å²) in [5.41, 5.74) is -0.510. The van der Waals surface area contributed by atoms with E-state index in [1.807, 2.05) is 20.8 Å². The molecule has 0 aliphatic heterocycles. The molecule has 0 atom stereocenters. The summed E-state index contributed by atoms with van der Waals surface area (Å²) < 4.78 is 4.57. The van der Waals surface area contributed by atoms with E-state index in [0.717, 1.165) is 43.4 Å². The van der Waals surface area contributed by atoms with Crippen LogP contribution in [0.25, 0.3) is 0 Å². The molecule has 0 amide bonds. The van der Waals surface area contributed by atoms with Crippen molar-refractivity contribution in [3.63, 3.8) is 0 Å². The Labute approximate surface area is 137 Å². The number of hydrogen-bond acceptors (Lipinski definition) is 3. The molecule has 0 spiro atoms. The Bertz CT molecular complexity index is 324. The van der Waals surface area contributed by atoms with Crippen LogP contribution in [0.5, 0.6) is 0 Å². The molecular weight excluding hydrogens is 276 g/mol. The molecule has 3 nitrogen and oxygen atoms in total. The first-order valence-corrected chi connectivity index (χ1v) is 8.09. The summed E-state index contributed by atoms with van der Waals surface area (Å²) in [7, 11) is 1.42. The summed E-state index contributed by atoms with van der Waals surface area (Å²) in [5.74, 6) is 2.55. The average molecular weight is 315 g/mol. The minimum absolute atomic E-state index is 0. The number of methoxy groups -OCH3 is 1. The minimum atomic E-state index is -0.311. The maximum atomic E-state index is 10.8. The van der Waals surface area contributed by atoms with Crippen molar-refractivity contribution in [1.82, 2.24) is 0 Å². The topological polar surface area (TPSA) is 46.5 Å². The zero-order chi connectivity index (χ0) is 15.0. The predicted octanol–water partition coefficient (Wildman–Crippen LogP) is 4.82. The summed E-state index contributed by atoms with van der Waals surface area (Å²) >= 11 is 0. The van der Waals surface area contributed by atoms with Crippen molar-refractivity contribution in [2.75, 3.05) is 7.11 Å². The molecule has 4 saturated carbocycles. The standard InChI is InChI=1S/C10H16O.C7H14O2.2CH4/c11-10-4-7-1-8(5-10)3-9(2-7)6-10;1-5-7(2,3)6(8)9-4;;/h7-9,11H,1-6H2;5H2,1-4H3;2*1H4. The van der Waals surface area contributed by atoms with Gasteiger partial charge in [0.25, 0.3) is 0 Å². The van der Waals surface area contributed by atoms with E-state index >= 15 is 0 Å². The number of esters is 1. The molecule has 4 aliphatic carbocycles. The second kappa shape index (κ2) is 7.81. The Hall–Kier alpha value is -0.570. The molecule has 0 heterocycles. The van der Waals surface area contributed by atoms with E-state index in [1.54, 1.807) is 0 Å². The molecule has 0 saturated heterocycles. The maximum Gasteiger partial charge on any atom is 0.311 e. The van der Waals surface area contributed by atoms with E-state index in [0.29, 0.717) is 0 Å². The molecule has 0 aromatic carbocycles. The molecule has 0 aromatic heterocycles. The molecule has 4 fully saturated rings. The van der Waals surface area contributed by atoms with E-state index in [1.165, 1.54) is 26.4 Å². The van der Waals surface area contributed by atoms with E-state index in [9.17, 15) is 9.90 Å². The molecule has 4 bridgehead atoms. The summed E-state index contributed by atoms with van der Waals surface area (Å²) in [5, 5.41) is 10.1. The van der Waals surface area contributed by atoms with Gasteiger partial charge in [-0.1, -0.05) is 21.8 Å². The Morgan fingerprint density at radius 2 is 1.45 bits per heavy atom. The molecule has 0 radical (unpaired) electrons. The molecule has 1 N–H and O–H groups in total. The highest BCUT2D eigenvalue weighted by atomic mass is 16.5. The lowest BCUT2D eigenvalue weighted by Gasteiger charge is -2.54. The highest BCUT2D eigenvalue weighted by Crippen LogP contribution is 2.55. The molecule has 4 aliphatic rings. The van der Waals surface area contributed by atoms with Crippen molar-refractivity contribution < 1.29 is 14.6 Å². The van der Waals surface area contributed by atoms with Crippen LogP contribution in [0.2, 0.25) is 0 Å². The predicted molar refractivity (Wildman–Crippen MR) is 92.7 cm³/mol. The quantitative estimate of drug-likeness (QED) is 0.744. The van der Waals surface area contributed by atoms with Gasteiger partial charge in [0.05, 0.1) is 18.1 Å². The third-order valence-corrected chi connectivity index (χ3v) is 5.63. The number of carbonyl (C=O) groups excluding carboxylic acids is 1. The zero-order valence-corrected chi connectivity index (χ0v) is 13.4. The third kappa shape index (κ3) is 4.71. The van der Waals surface area contributed by atoms with Crippen LogP contribution >= 0.6 is 0 Å². The van der Waals surface area contributed by atoms with Gasteiger partial charge in [0.15, 0.2) is 0 Å². The molecule has 132 valence electrons. The fraction of sp³-hybridized carbons (Fsp3) is 0.947. The van der Waals surface area contributed by atoms with E-state index < -0.39 is 0 Å². The first-order valence-electron chi connectivity index (χ1n) is 8.09. The van der Waals surface area contributed by atoms with Crippen LogP contribution in [-0.4, -0.2) is 23.8 Å². The first-order chi connectivity index (χ1) is 9.28. The highest BCUT2D eigenvalue weighted by molar-refractivity contribution is 5.75. The minimum Gasteiger partial charge on any atom is -0.469 e. The van der Waals surface area contributed by atoms with Gasteiger partial charge in [0, 0.05) is 0 Å². The Morgan fingerprint density at radius 3 is 1.64 bits per heavy atom. The van der Waals surface area contributed by atoms with Crippen LogP contribution in [0.1, 0.15) is 80.6 Å². The van der Waals surface area contributed by atoms with Crippen LogP contribution < -0.4 is 0 Å². The van der Waals surface area contributed by atoms with Gasteiger partial charge in [-0.25, -0.2) is 0 Å². The summed E-state index contributed by atoms with van der Waals surface area (Å²) in [6, 6.07) is 0. The summed E-state index contributed by atoms with van der Waals surface area (Å²) in [6.45, 7) is 5.72. The highest BCUT2D eigenvalue weighted by Gasteiger charge is 2.49. The van der Waals surface area contributed by atoms with Crippen molar-refractivity contribution >= 4 is 5.97 Å². The van der Waals surface area contributed by atoms with Gasteiger partial charge in [0.1, 0.15) is 0 Å². The van der Waals surface area contributed by atoms with Crippen molar-refractivity contribution in [3.05, 3.63) is 0 Å². The van der Waals surface area contributed by atoms with Gasteiger partial charge in [-0.3, -0.25) is 4.79 Å². The molecular formula is C19H38O3. The lowest BCUT2D eigenvalue weighted by atomic mass is 9.54. The van der Waals surface area contributed by atoms with Gasteiger partial charge < -0.3 is 9.84 Å². The molecule has 0 unspecified atom stereocenters. The number of carbonyl (C=O) groups is 1. The van der Waals surface area contributed by atoms with Crippen molar-refractivity contribution in [3.8, 4) is 0 Å². The lowest BCUT2D eigenvalue weighted by Crippen LogP contribution is -2.50. The lowest BCUT2D eigenvalue weighted by molar-refractivity contribution is -0.150. The maximum absolute atomic E-state index is 10.8. The normalized spacial score (nSPS) is 34.7. The van der Waals surface area contributed by atoms with Crippen molar-refractivity contribution in [2.45, 2.75) is 86.2 Å². The second-order valence-corrected chi connectivity index (χ2v) is 7.87. The first kappa shape index (κ1) is 21.4. The number of aliphatic hydroxyl groups is 1. The molecule has 3 heteroatoms. The van der Waals surface area contributed by atoms with E-state index in [-0.39, 0.29) is 31.8 Å². The molecule has 4 rings (SSSR count). The van der Waals surface area contributed by atoms with Crippen LogP contribution in [0.15, 0.2) is 0 Å². The SMILES string of the molecule is C.C.CCC(C)(C)C(=O)OC.OC12CC3CC(CC(C3)C1)C2. The van der Waals surface area contributed by atoms with Gasteiger partial charge in [0.2, 0.25) is 0 Å². The molecule has 0 aromatic rings. The van der Waals surface area contributed by atoms with Gasteiger partial charge in [-0.05, 0) is 76.5 Å². The third-order valence-electron chi connectivity index (χ3n) is 5.63. The van der Waals surface area contributed by atoms with Gasteiger partial charge in [-0.2, -0.15) is 0 Å². The van der Waals surface area contributed by atoms with Crippen LogP contribution in [0, 0.1) is 23.2 Å². The van der Waals surface area contributed by atoms with Crippen molar-refractivity contribution in [2.24, 2.45) is 23.2 Å². The average Bonchev–Trinajstić information content (AvgIpc) is 2.35. The summed E-state index contributed by atoms with van der Waals surface area (Å²) in [6.07, 6.45) is 8.48. The number of hydrogen-bond donors (Lipinski definition) is 1. The fourth-order valence-corrected chi connectivity index (χ4v) is 4.49. The van der Waals surface area contributed by atoms with Gasteiger partial charge in [-0.15, -0.1) is 0 Å². The number of ether oxygens (including phenoxy) is 1. The largest absolute Gasteiger partial charge is 0.469 e.